The van der Waals surface area contributed by atoms with Crippen LogP contribution in [0.2, 0.25) is 5.02 Å². The van der Waals surface area contributed by atoms with Crippen molar-refractivity contribution in [3.05, 3.63) is 82.6 Å². The Bertz CT molecular complexity index is 1090. The summed E-state index contributed by atoms with van der Waals surface area (Å²) < 4.78 is 54.2. The predicted molar refractivity (Wildman–Crippen MR) is 108 cm³/mol. The van der Waals surface area contributed by atoms with E-state index >= 15 is 0 Å². The summed E-state index contributed by atoms with van der Waals surface area (Å²) in [5.41, 5.74) is -3.07. The van der Waals surface area contributed by atoms with Gasteiger partial charge in [0.05, 0.1) is 23.7 Å². The summed E-state index contributed by atoms with van der Waals surface area (Å²) in [4.78, 5) is 17.8. The maximum absolute atomic E-state index is 14.4. The van der Waals surface area contributed by atoms with E-state index in [1.165, 1.54) is 31.3 Å². The molecule has 0 fully saturated rings. The van der Waals surface area contributed by atoms with Crippen molar-refractivity contribution in [3.63, 3.8) is 0 Å². The molecule has 3 aromatic rings. The molecule has 170 valence electrons. The number of amides is 1. The van der Waals surface area contributed by atoms with Gasteiger partial charge in [-0.25, -0.2) is 14.1 Å². The number of rotatable bonds is 6. The smallest absolute Gasteiger partial charge is 0.381 e. The first-order valence-electron chi connectivity index (χ1n) is 9.38. The Labute approximate surface area is 186 Å². The van der Waals surface area contributed by atoms with Gasteiger partial charge < -0.3 is 10.0 Å². The van der Waals surface area contributed by atoms with Crippen LogP contribution in [0.3, 0.4) is 0 Å². The van der Waals surface area contributed by atoms with Crippen LogP contribution in [0.5, 0.6) is 0 Å². The second-order valence-electron chi connectivity index (χ2n) is 7.31. The minimum absolute atomic E-state index is 0.108. The van der Waals surface area contributed by atoms with E-state index in [2.05, 4.69) is 10.1 Å². The van der Waals surface area contributed by atoms with Gasteiger partial charge in [-0.05, 0) is 42.8 Å². The van der Waals surface area contributed by atoms with Crippen LogP contribution >= 0.6 is 11.6 Å². The number of alkyl halides is 3. The van der Waals surface area contributed by atoms with Gasteiger partial charge in [0, 0.05) is 12.1 Å². The number of halogens is 5. The molecule has 3 rings (SSSR count). The number of benzene rings is 2. The third kappa shape index (κ3) is 4.76. The van der Waals surface area contributed by atoms with Gasteiger partial charge in [-0.1, -0.05) is 23.7 Å². The Morgan fingerprint density at radius 1 is 1.19 bits per heavy atom. The van der Waals surface area contributed by atoms with Crippen molar-refractivity contribution in [3.8, 4) is 0 Å². The average molecular weight is 471 g/mol. The number of hydrogen-bond donors (Lipinski definition) is 1. The summed E-state index contributed by atoms with van der Waals surface area (Å²) in [6, 6.07) is 7.01. The van der Waals surface area contributed by atoms with Gasteiger partial charge in [0.1, 0.15) is 24.1 Å². The van der Waals surface area contributed by atoms with E-state index in [1.54, 1.807) is 24.3 Å². The summed E-state index contributed by atoms with van der Waals surface area (Å²) in [7, 11) is 1.33. The quantitative estimate of drug-likeness (QED) is 0.550. The normalized spacial score (nSPS) is 14.6. The zero-order chi connectivity index (χ0) is 23.7. The van der Waals surface area contributed by atoms with E-state index in [-0.39, 0.29) is 12.6 Å². The Kier molecular flexibility index (Phi) is 6.56. The molecule has 0 aliphatic carbocycles. The van der Waals surface area contributed by atoms with E-state index in [0.717, 1.165) is 11.0 Å². The molecule has 0 aliphatic heterocycles. The summed E-state index contributed by atoms with van der Waals surface area (Å²) >= 11 is 5.94. The zero-order valence-electron chi connectivity index (χ0n) is 17.0. The lowest BCUT2D eigenvalue weighted by molar-refractivity contribution is -0.137. The second-order valence-corrected chi connectivity index (χ2v) is 7.75. The molecule has 32 heavy (non-hydrogen) atoms. The minimum atomic E-state index is -4.74. The number of likely N-dealkylation sites (N-methyl/N-ethyl adjacent to an activating group) is 1. The summed E-state index contributed by atoms with van der Waals surface area (Å²) in [5.74, 6) is -2.20. The van der Waals surface area contributed by atoms with Crippen LogP contribution in [-0.2, 0) is 18.3 Å². The van der Waals surface area contributed by atoms with Crippen LogP contribution in [0.25, 0.3) is 0 Å². The van der Waals surface area contributed by atoms with E-state index in [1.807, 2.05) is 0 Å². The molecule has 0 radical (unpaired) electrons. The maximum Gasteiger partial charge on any atom is 0.416 e. The van der Waals surface area contributed by atoms with Crippen molar-refractivity contribution in [1.29, 1.82) is 0 Å². The van der Waals surface area contributed by atoms with Crippen molar-refractivity contribution in [1.82, 2.24) is 19.7 Å². The number of aromatic nitrogens is 3. The SMILES string of the molecule is C[C@@H](N(C)C(=O)c1ccc(C(F)(F)F)cc1F)[C@](O)(Cn1cncn1)c1ccc(Cl)cc1. The highest BCUT2D eigenvalue weighted by Gasteiger charge is 2.41. The topological polar surface area (TPSA) is 71.2 Å². The highest BCUT2D eigenvalue weighted by Crippen LogP contribution is 2.33. The zero-order valence-corrected chi connectivity index (χ0v) is 17.8. The lowest BCUT2D eigenvalue weighted by Crippen LogP contribution is -2.52. The number of nitrogens with zero attached hydrogens (tertiary/aromatic N) is 4. The summed E-state index contributed by atoms with van der Waals surface area (Å²) in [5, 5.41) is 16.0. The standard InChI is InChI=1S/C21H19ClF4N4O2/c1-13(29(2)19(31)17-8-5-15(9-18(17)23)21(24,25)26)20(32,10-30-12-27-11-28-30)14-3-6-16(22)7-4-14/h3-9,11-13,32H,10H2,1-2H3/t13-,20-/m1/s1. The first-order chi connectivity index (χ1) is 14.9. The molecule has 2 aromatic carbocycles. The fourth-order valence-electron chi connectivity index (χ4n) is 3.32. The molecular formula is C21H19ClF4N4O2. The largest absolute Gasteiger partial charge is 0.416 e. The first kappa shape index (κ1) is 23.7. The van der Waals surface area contributed by atoms with E-state index < -0.39 is 40.7 Å². The van der Waals surface area contributed by atoms with Gasteiger partial charge >= 0.3 is 6.18 Å². The molecule has 2 atom stereocenters. The molecule has 0 saturated carbocycles. The van der Waals surface area contributed by atoms with Crippen LogP contribution in [0, 0.1) is 5.82 Å². The molecule has 11 heteroatoms. The predicted octanol–water partition coefficient (Wildman–Crippen LogP) is 4.14. The van der Waals surface area contributed by atoms with E-state index in [0.29, 0.717) is 16.7 Å². The molecule has 0 saturated heterocycles. The van der Waals surface area contributed by atoms with Crippen LogP contribution in [0.1, 0.15) is 28.4 Å². The first-order valence-corrected chi connectivity index (χ1v) is 9.76. The third-order valence-electron chi connectivity index (χ3n) is 5.33. The average Bonchev–Trinajstić information content (AvgIpc) is 3.24. The monoisotopic (exact) mass is 470 g/mol. The number of hydrogen-bond acceptors (Lipinski definition) is 4. The number of carbonyl (C=O) groups excluding carboxylic acids is 1. The molecule has 1 aromatic heterocycles. The van der Waals surface area contributed by atoms with Crippen molar-refractivity contribution in [2.75, 3.05) is 7.05 Å². The van der Waals surface area contributed by atoms with E-state index in [9.17, 15) is 27.5 Å². The molecule has 0 spiro atoms. The lowest BCUT2D eigenvalue weighted by atomic mass is 9.86. The summed E-state index contributed by atoms with van der Waals surface area (Å²) in [6.07, 6.45) is -2.08. The Morgan fingerprint density at radius 3 is 2.34 bits per heavy atom. The molecule has 0 aliphatic rings. The Hall–Kier alpha value is -2.98. The lowest BCUT2D eigenvalue weighted by Gasteiger charge is -2.39. The van der Waals surface area contributed by atoms with Gasteiger partial charge in [0.15, 0.2) is 0 Å². The maximum atomic E-state index is 14.4. The molecule has 0 unspecified atom stereocenters. The van der Waals surface area contributed by atoms with Gasteiger partial charge in [-0.2, -0.15) is 18.3 Å². The minimum Gasteiger partial charge on any atom is -0.381 e. The molecule has 1 N–H and O–H groups in total. The Morgan fingerprint density at radius 2 is 1.81 bits per heavy atom. The molecule has 1 amide bonds. The van der Waals surface area contributed by atoms with Gasteiger partial charge in [0.25, 0.3) is 5.91 Å². The van der Waals surface area contributed by atoms with E-state index in [4.69, 9.17) is 11.6 Å². The van der Waals surface area contributed by atoms with Crippen molar-refractivity contribution in [2.45, 2.75) is 31.3 Å². The third-order valence-corrected chi connectivity index (χ3v) is 5.58. The Balaban J connectivity index is 1.96. The molecule has 0 bridgehead atoms. The van der Waals surface area contributed by atoms with Crippen molar-refractivity contribution >= 4 is 17.5 Å². The molecule has 1 heterocycles. The highest BCUT2D eigenvalue weighted by molar-refractivity contribution is 6.30. The highest BCUT2D eigenvalue weighted by atomic mass is 35.5. The number of aliphatic hydroxyl groups is 1. The van der Waals surface area contributed by atoms with Crippen molar-refractivity contribution < 1.29 is 27.5 Å². The van der Waals surface area contributed by atoms with Gasteiger partial charge in [0.2, 0.25) is 0 Å². The van der Waals surface area contributed by atoms with Crippen LogP contribution in [0.15, 0.2) is 55.1 Å². The molecular weight excluding hydrogens is 452 g/mol. The van der Waals surface area contributed by atoms with Crippen LogP contribution < -0.4 is 0 Å². The second kappa shape index (κ2) is 8.87. The molecule has 6 nitrogen and oxygen atoms in total. The van der Waals surface area contributed by atoms with Crippen LogP contribution in [0.4, 0.5) is 17.6 Å². The van der Waals surface area contributed by atoms with Crippen LogP contribution in [-0.4, -0.2) is 43.8 Å². The van der Waals surface area contributed by atoms with Gasteiger partial charge in [-0.15, -0.1) is 0 Å². The number of carbonyl (C=O) groups is 1. The summed E-state index contributed by atoms with van der Waals surface area (Å²) in [6.45, 7) is 1.42. The van der Waals surface area contributed by atoms with Gasteiger partial charge in [-0.3, -0.25) is 4.79 Å². The fraction of sp³-hybridized carbons (Fsp3) is 0.286. The fourth-order valence-corrected chi connectivity index (χ4v) is 3.44. The van der Waals surface area contributed by atoms with Crippen molar-refractivity contribution in [2.24, 2.45) is 0 Å².